The topological polar surface area (TPSA) is 97.6 Å². The van der Waals surface area contributed by atoms with Crippen molar-refractivity contribution in [3.05, 3.63) is 78.9 Å². The van der Waals surface area contributed by atoms with Gasteiger partial charge in [-0.25, -0.2) is 15.0 Å². The molecule has 0 saturated carbocycles. The molecule has 1 saturated heterocycles. The number of aromatic nitrogens is 4. The maximum Gasteiger partial charge on any atom is 0.246 e. The van der Waals surface area contributed by atoms with Crippen molar-refractivity contribution in [1.29, 1.82) is 0 Å². The number of anilines is 3. The third kappa shape index (κ3) is 4.55. The lowest BCUT2D eigenvalue weighted by Crippen LogP contribution is -2.58. The molecule has 4 heterocycles. The van der Waals surface area contributed by atoms with E-state index in [2.05, 4.69) is 37.7 Å². The Morgan fingerprint density at radius 3 is 2.86 bits per heavy atom. The molecule has 2 aromatic heterocycles. The highest BCUT2D eigenvalue weighted by molar-refractivity contribution is 6.02. The molecule has 1 fully saturated rings. The minimum atomic E-state index is -0.0815. The second-order valence-corrected chi connectivity index (χ2v) is 10.7. The molecule has 1 unspecified atom stereocenters. The van der Waals surface area contributed by atoms with Gasteiger partial charge in [0.1, 0.15) is 30.3 Å². The third-order valence-corrected chi connectivity index (χ3v) is 8.05. The summed E-state index contributed by atoms with van der Waals surface area (Å²) >= 11 is 0. The lowest BCUT2D eigenvalue weighted by atomic mass is 10.0. The van der Waals surface area contributed by atoms with Crippen LogP contribution in [0.4, 0.5) is 17.2 Å². The standard InChI is InChI=1S/C33H29N7O3/c1-5-21-14-26-30(32-31(21)40-12-11-39(29(41)6-2)16-23(40)17-42-32)33(35-18-34-26)37-22-7-10-28(20(3)13-22)43-24-8-9-27-25(15-24)36-19-38(27)4/h1,6-10,13-15,18-19,23H,2,11-12,16-17H2,3-4H3,(H,34,35,37). The second-order valence-electron chi connectivity index (χ2n) is 10.7. The Hall–Kier alpha value is -5.56. The van der Waals surface area contributed by atoms with Gasteiger partial charge in [0.05, 0.1) is 45.6 Å². The molecule has 7 rings (SSSR count). The minimum absolute atomic E-state index is 0.0238. The Morgan fingerprint density at radius 1 is 1.16 bits per heavy atom. The Balaban J connectivity index is 1.20. The molecule has 10 nitrogen and oxygen atoms in total. The predicted octanol–water partition coefficient (Wildman–Crippen LogP) is 4.94. The number of aryl methyl sites for hydroxylation is 2. The number of ether oxygens (including phenoxy) is 2. The Morgan fingerprint density at radius 2 is 2.05 bits per heavy atom. The summed E-state index contributed by atoms with van der Waals surface area (Å²) in [5.74, 6) is 5.46. The summed E-state index contributed by atoms with van der Waals surface area (Å²) in [6, 6.07) is 13.6. The molecular weight excluding hydrogens is 542 g/mol. The molecule has 1 N–H and O–H groups in total. The number of nitrogens with one attached hydrogen (secondary N) is 1. The van der Waals surface area contributed by atoms with E-state index in [4.69, 9.17) is 15.9 Å². The normalized spacial score (nSPS) is 15.8. The van der Waals surface area contributed by atoms with Gasteiger partial charge in [0.25, 0.3) is 0 Å². The summed E-state index contributed by atoms with van der Waals surface area (Å²) in [7, 11) is 1.97. The van der Waals surface area contributed by atoms with E-state index in [9.17, 15) is 4.79 Å². The molecule has 0 radical (unpaired) electrons. The molecule has 43 heavy (non-hydrogen) atoms. The SMILES string of the molecule is C#Cc1cc2ncnc(Nc3ccc(Oc4ccc5c(c4)ncn5C)c(C)c3)c2c2c1N1CCN(C(=O)C=C)CC1CO2. The summed E-state index contributed by atoms with van der Waals surface area (Å²) in [5, 5.41) is 4.21. The molecule has 0 bridgehead atoms. The van der Waals surface area contributed by atoms with Gasteiger partial charge in [-0.3, -0.25) is 4.79 Å². The molecule has 10 heteroatoms. The number of fused-ring (bicyclic) bond motifs is 6. The summed E-state index contributed by atoms with van der Waals surface area (Å²) in [4.78, 5) is 29.8. The number of terminal acetylenes is 1. The van der Waals surface area contributed by atoms with Gasteiger partial charge in [0, 0.05) is 38.4 Å². The molecule has 214 valence electrons. The van der Waals surface area contributed by atoms with Crippen LogP contribution in [0.15, 0.2) is 67.8 Å². The highest BCUT2D eigenvalue weighted by Crippen LogP contribution is 2.45. The fraction of sp³-hybridized carbons (Fsp3) is 0.212. The first kappa shape index (κ1) is 26.3. The lowest BCUT2D eigenvalue weighted by molar-refractivity contribution is -0.127. The average molecular weight is 572 g/mol. The van der Waals surface area contributed by atoms with Crippen LogP contribution >= 0.6 is 0 Å². The van der Waals surface area contributed by atoms with E-state index in [0.717, 1.165) is 44.9 Å². The van der Waals surface area contributed by atoms with Crippen molar-refractivity contribution in [2.75, 3.05) is 36.5 Å². The Labute approximate surface area is 248 Å². The van der Waals surface area contributed by atoms with Crippen molar-refractivity contribution in [2.24, 2.45) is 7.05 Å². The molecule has 1 atom stereocenters. The van der Waals surface area contributed by atoms with E-state index < -0.39 is 0 Å². The number of rotatable bonds is 5. The number of carbonyl (C=O) groups is 1. The number of benzene rings is 3. The molecule has 1 amide bonds. The Bertz CT molecular complexity index is 1980. The van der Waals surface area contributed by atoms with Crippen LogP contribution < -0.4 is 19.7 Å². The Kier molecular flexibility index (Phi) is 6.35. The molecule has 2 aliphatic heterocycles. The van der Waals surface area contributed by atoms with Crippen LogP contribution in [0.25, 0.3) is 21.9 Å². The monoisotopic (exact) mass is 571 g/mol. The molecule has 0 spiro atoms. The highest BCUT2D eigenvalue weighted by atomic mass is 16.5. The largest absolute Gasteiger partial charge is 0.488 e. The fourth-order valence-electron chi connectivity index (χ4n) is 5.89. The number of hydrogen-bond acceptors (Lipinski definition) is 8. The van der Waals surface area contributed by atoms with Crippen LogP contribution in [-0.4, -0.2) is 62.6 Å². The van der Waals surface area contributed by atoms with Gasteiger partial charge in [0.2, 0.25) is 5.91 Å². The first-order valence-electron chi connectivity index (χ1n) is 14.0. The van der Waals surface area contributed by atoms with Crippen LogP contribution in [0.2, 0.25) is 0 Å². The van der Waals surface area contributed by atoms with Crippen molar-refractivity contribution >= 4 is 45.0 Å². The minimum Gasteiger partial charge on any atom is -0.488 e. The van der Waals surface area contributed by atoms with Crippen LogP contribution in [-0.2, 0) is 11.8 Å². The maximum absolute atomic E-state index is 12.3. The van der Waals surface area contributed by atoms with Gasteiger partial charge in [-0.05, 0) is 55.0 Å². The second kappa shape index (κ2) is 10.4. The number of piperazine rings is 1. The third-order valence-electron chi connectivity index (χ3n) is 8.05. The van der Waals surface area contributed by atoms with E-state index in [1.54, 1.807) is 11.2 Å². The van der Waals surface area contributed by atoms with Crippen molar-refractivity contribution in [2.45, 2.75) is 13.0 Å². The quantitative estimate of drug-likeness (QED) is 0.234. The van der Waals surface area contributed by atoms with Crippen LogP contribution in [0.1, 0.15) is 11.1 Å². The molecule has 2 aliphatic rings. The fourth-order valence-corrected chi connectivity index (χ4v) is 5.89. The first-order chi connectivity index (χ1) is 20.9. The zero-order chi connectivity index (χ0) is 29.7. The van der Waals surface area contributed by atoms with Gasteiger partial charge in [-0.1, -0.05) is 12.5 Å². The summed E-state index contributed by atoms with van der Waals surface area (Å²) < 4.78 is 14.6. The van der Waals surface area contributed by atoms with Crippen LogP contribution in [0.3, 0.4) is 0 Å². The van der Waals surface area contributed by atoms with Gasteiger partial charge in [-0.15, -0.1) is 6.42 Å². The number of amides is 1. The molecule has 0 aliphatic carbocycles. The average Bonchev–Trinajstić information content (AvgIpc) is 3.40. The van der Waals surface area contributed by atoms with Crippen LogP contribution in [0, 0.1) is 19.3 Å². The number of hydrogen-bond donors (Lipinski definition) is 1. The summed E-state index contributed by atoms with van der Waals surface area (Å²) in [5.41, 5.74) is 5.92. The first-order valence-corrected chi connectivity index (χ1v) is 14.0. The van der Waals surface area contributed by atoms with Crippen molar-refractivity contribution in [3.63, 3.8) is 0 Å². The van der Waals surface area contributed by atoms with E-state index in [0.29, 0.717) is 48.9 Å². The van der Waals surface area contributed by atoms with E-state index in [-0.39, 0.29) is 11.9 Å². The van der Waals surface area contributed by atoms with Crippen LogP contribution in [0.5, 0.6) is 17.2 Å². The van der Waals surface area contributed by atoms with Gasteiger partial charge >= 0.3 is 0 Å². The van der Waals surface area contributed by atoms with Crippen molar-refractivity contribution < 1.29 is 14.3 Å². The van der Waals surface area contributed by atoms with E-state index in [1.807, 2.05) is 61.0 Å². The lowest BCUT2D eigenvalue weighted by Gasteiger charge is -2.46. The molecule has 3 aromatic carbocycles. The molecular formula is C33H29N7O3. The van der Waals surface area contributed by atoms with Crippen molar-refractivity contribution in [1.82, 2.24) is 24.4 Å². The van der Waals surface area contributed by atoms with Gasteiger partial charge in [0.15, 0.2) is 5.75 Å². The predicted molar refractivity (Wildman–Crippen MR) is 166 cm³/mol. The highest BCUT2D eigenvalue weighted by Gasteiger charge is 2.37. The summed E-state index contributed by atoms with van der Waals surface area (Å²) in [6.07, 6.45) is 10.6. The van der Waals surface area contributed by atoms with Gasteiger partial charge in [-0.2, -0.15) is 0 Å². The maximum atomic E-state index is 12.3. The number of carbonyl (C=O) groups excluding carboxylic acids is 1. The zero-order valence-electron chi connectivity index (χ0n) is 23.9. The van der Waals surface area contributed by atoms with E-state index in [1.165, 1.54) is 12.4 Å². The summed E-state index contributed by atoms with van der Waals surface area (Å²) in [6.45, 7) is 7.77. The smallest absolute Gasteiger partial charge is 0.246 e. The number of nitrogens with zero attached hydrogens (tertiary/aromatic N) is 6. The van der Waals surface area contributed by atoms with Gasteiger partial charge < -0.3 is 29.2 Å². The zero-order valence-corrected chi connectivity index (χ0v) is 23.9. The van der Waals surface area contributed by atoms with Crippen molar-refractivity contribution in [3.8, 4) is 29.6 Å². The van der Waals surface area contributed by atoms with E-state index >= 15 is 0 Å². The number of imidazole rings is 1. The molecule has 5 aromatic rings.